The Morgan fingerprint density at radius 1 is 1.00 bits per heavy atom. The van der Waals surface area contributed by atoms with Crippen LogP contribution in [-0.2, 0) is 4.79 Å². The van der Waals surface area contributed by atoms with Gasteiger partial charge in [0.2, 0.25) is 5.91 Å². The van der Waals surface area contributed by atoms with Crippen molar-refractivity contribution in [3.8, 4) is 5.75 Å². The number of hydrogen-bond donors (Lipinski definition) is 2. The van der Waals surface area contributed by atoms with Gasteiger partial charge in [0.1, 0.15) is 5.75 Å². The number of anilines is 3. The molecule has 0 saturated heterocycles. The molecule has 0 radical (unpaired) electrons. The lowest BCUT2D eigenvalue weighted by molar-refractivity contribution is -0.115. The van der Waals surface area contributed by atoms with E-state index in [9.17, 15) is 4.79 Å². The molecule has 0 unspecified atom stereocenters. The summed E-state index contributed by atoms with van der Waals surface area (Å²) in [5.74, 6) is 0.787. The van der Waals surface area contributed by atoms with E-state index >= 15 is 0 Å². The molecule has 0 aliphatic rings. The van der Waals surface area contributed by atoms with Crippen LogP contribution < -0.4 is 20.3 Å². The van der Waals surface area contributed by atoms with Gasteiger partial charge < -0.3 is 20.3 Å². The second-order valence-corrected chi connectivity index (χ2v) is 5.62. The molecule has 2 aromatic rings. The minimum atomic E-state index is -0.0171. The van der Waals surface area contributed by atoms with Gasteiger partial charge in [0.05, 0.1) is 6.61 Å². The third-order valence-electron chi connectivity index (χ3n) is 3.51. The van der Waals surface area contributed by atoms with E-state index in [0.29, 0.717) is 19.6 Å². The number of rotatable bonds is 8. The number of benzene rings is 2. The van der Waals surface area contributed by atoms with Gasteiger partial charge in [0.25, 0.3) is 0 Å². The third-order valence-corrected chi connectivity index (χ3v) is 3.51. The molecule has 128 valence electrons. The maximum atomic E-state index is 12.0. The maximum Gasteiger partial charge on any atom is 0.226 e. The minimum absolute atomic E-state index is 0.0171. The lowest BCUT2D eigenvalue weighted by Gasteiger charge is -2.13. The van der Waals surface area contributed by atoms with Gasteiger partial charge in [-0.25, -0.2) is 0 Å². The van der Waals surface area contributed by atoms with Gasteiger partial charge in [-0.3, -0.25) is 4.79 Å². The van der Waals surface area contributed by atoms with E-state index in [-0.39, 0.29) is 5.91 Å². The van der Waals surface area contributed by atoms with E-state index < -0.39 is 0 Å². The van der Waals surface area contributed by atoms with Crippen molar-refractivity contribution in [2.75, 3.05) is 42.8 Å². The zero-order valence-corrected chi connectivity index (χ0v) is 14.5. The monoisotopic (exact) mass is 327 g/mol. The molecule has 5 heteroatoms. The number of ether oxygens (including phenoxy) is 1. The zero-order chi connectivity index (χ0) is 17.4. The molecule has 0 bridgehead atoms. The van der Waals surface area contributed by atoms with E-state index in [0.717, 1.165) is 22.8 Å². The van der Waals surface area contributed by atoms with Gasteiger partial charge in [-0.05, 0) is 55.5 Å². The van der Waals surface area contributed by atoms with Crippen LogP contribution in [0.5, 0.6) is 5.75 Å². The summed E-state index contributed by atoms with van der Waals surface area (Å²) in [4.78, 5) is 14.0. The Morgan fingerprint density at radius 3 is 2.21 bits per heavy atom. The van der Waals surface area contributed by atoms with Crippen LogP contribution in [0.4, 0.5) is 17.1 Å². The zero-order valence-electron chi connectivity index (χ0n) is 14.5. The molecule has 0 aliphatic heterocycles. The number of nitrogens with one attached hydrogen (secondary N) is 2. The Bertz CT molecular complexity index is 637. The maximum absolute atomic E-state index is 12.0. The normalized spacial score (nSPS) is 10.1. The third kappa shape index (κ3) is 5.50. The van der Waals surface area contributed by atoms with Crippen LogP contribution in [0.25, 0.3) is 0 Å². The Morgan fingerprint density at radius 2 is 1.62 bits per heavy atom. The number of hydrogen-bond acceptors (Lipinski definition) is 4. The molecule has 0 atom stereocenters. The van der Waals surface area contributed by atoms with Crippen molar-refractivity contribution >= 4 is 23.0 Å². The summed E-state index contributed by atoms with van der Waals surface area (Å²) < 4.78 is 5.38. The fourth-order valence-electron chi connectivity index (χ4n) is 2.22. The minimum Gasteiger partial charge on any atom is -0.494 e. The summed E-state index contributed by atoms with van der Waals surface area (Å²) in [6.45, 7) is 3.16. The Balaban J connectivity index is 1.74. The summed E-state index contributed by atoms with van der Waals surface area (Å²) in [5, 5.41) is 6.13. The van der Waals surface area contributed by atoms with Gasteiger partial charge in [-0.15, -0.1) is 0 Å². The van der Waals surface area contributed by atoms with Crippen LogP contribution in [-0.4, -0.2) is 33.2 Å². The second kappa shape index (κ2) is 8.82. The van der Waals surface area contributed by atoms with Crippen molar-refractivity contribution in [3.63, 3.8) is 0 Å². The molecule has 0 fully saturated rings. The van der Waals surface area contributed by atoms with Crippen LogP contribution >= 0.6 is 0 Å². The van der Waals surface area contributed by atoms with E-state index in [1.165, 1.54) is 0 Å². The van der Waals surface area contributed by atoms with Gasteiger partial charge in [-0.2, -0.15) is 0 Å². The predicted octanol–water partition coefficient (Wildman–Crippen LogP) is 3.59. The molecule has 24 heavy (non-hydrogen) atoms. The van der Waals surface area contributed by atoms with Crippen LogP contribution in [0, 0.1) is 0 Å². The van der Waals surface area contributed by atoms with Crippen LogP contribution in [0.2, 0.25) is 0 Å². The van der Waals surface area contributed by atoms with E-state index in [2.05, 4.69) is 10.6 Å². The van der Waals surface area contributed by atoms with Crippen molar-refractivity contribution in [3.05, 3.63) is 48.5 Å². The first-order valence-electron chi connectivity index (χ1n) is 8.12. The molecule has 0 aliphatic carbocycles. The van der Waals surface area contributed by atoms with Crippen molar-refractivity contribution in [1.82, 2.24) is 0 Å². The van der Waals surface area contributed by atoms with E-state index in [4.69, 9.17) is 4.74 Å². The van der Waals surface area contributed by atoms with Crippen molar-refractivity contribution in [2.45, 2.75) is 13.3 Å². The summed E-state index contributed by atoms with van der Waals surface area (Å²) in [5.41, 5.74) is 2.93. The standard InChI is InChI=1S/C19H25N3O2/c1-4-24-18-11-7-16(8-12-18)21-19(23)13-14-20-15-5-9-17(10-6-15)22(2)3/h5-12,20H,4,13-14H2,1-3H3,(H,21,23). The highest BCUT2D eigenvalue weighted by molar-refractivity contribution is 5.91. The average molecular weight is 327 g/mol. The van der Waals surface area contributed by atoms with Gasteiger partial charge in [0.15, 0.2) is 0 Å². The molecule has 5 nitrogen and oxygen atoms in total. The predicted molar refractivity (Wildman–Crippen MR) is 100 cm³/mol. The van der Waals surface area contributed by atoms with Gasteiger partial charge >= 0.3 is 0 Å². The first-order chi connectivity index (χ1) is 11.6. The lowest BCUT2D eigenvalue weighted by atomic mass is 10.2. The summed E-state index contributed by atoms with van der Waals surface area (Å²) in [7, 11) is 4.02. The highest BCUT2D eigenvalue weighted by Crippen LogP contribution is 2.17. The van der Waals surface area contributed by atoms with Crippen LogP contribution in [0.1, 0.15) is 13.3 Å². The molecule has 2 rings (SSSR count). The lowest BCUT2D eigenvalue weighted by Crippen LogP contribution is -2.16. The summed E-state index contributed by atoms with van der Waals surface area (Å²) >= 11 is 0. The quantitative estimate of drug-likeness (QED) is 0.778. The van der Waals surface area contributed by atoms with Crippen molar-refractivity contribution in [2.24, 2.45) is 0 Å². The molecule has 0 aromatic heterocycles. The number of carbonyl (C=O) groups excluding carboxylic acids is 1. The average Bonchev–Trinajstić information content (AvgIpc) is 2.57. The largest absolute Gasteiger partial charge is 0.494 e. The van der Waals surface area contributed by atoms with Crippen molar-refractivity contribution in [1.29, 1.82) is 0 Å². The molecule has 2 aromatic carbocycles. The number of carbonyl (C=O) groups is 1. The van der Waals surface area contributed by atoms with Crippen LogP contribution in [0.3, 0.4) is 0 Å². The molecule has 1 amide bonds. The van der Waals surface area contributed by atoms with Crippen LogP contribution in [0.15, 0.2) is 48.5 Å². The van der Waals surface area contributed by atoms with E-state index in [1.54, 1.807) is 0 Å². The molecule has 0 spiro atoms. The fraction of sp³-hybridized carbons (Fsp3) is 0.316. The Hall–Kier alpha value is -2.69. The van der Waals surface area contributed by atoms with Gasteiger partial charge in [-0.1, -0.05) is 0 Å². The SMILES string of the molecule is CCOc1ccc(NC(=O)CCNc2ccc(N(C)C)cc2)cc1. The van der Waals surface area contributed by atoms with Gasteiger partial charge in [0, 0.05) is 44.1 Å². The summed E-state index contributed by atoms with van der Waals surface area (Å²) in [6.07, 6.45) is 0.405. The fourth-order valence-corrected chi connectivity index (χ4v) is 2.22. The number of nitrogens with zero attached hydrogens (tertiary/aromatic N) is 1. The second-order valence-electron chi connectivity index (χ2n) is 5.62. The molecule has 2 N–H and O–H groups in total. The Kier molecular flexibility index (Phi) is 6.49. The highest BCUT2D eigenvalue weighted by atomic mass is 16.5. The smallest absolute Gasteiger partial charge is 0.226 e. The molecular weight excluding hydrogens is 302 g/mol. The first kappa shape index (κ1) is 17.7. The molecular formula is C19H25N3O2. The van der Waals surface area contributed by atoms with Crippen molar-refractivity contribution < 1.29 is 9.53 Å². The topological polar surface area (TPSA) is 53.6 Å². The molecule has 0 saturated carbocycles. The van der Waals surface area contributed by atoms with E-state index in [1.807, 2.05) is 74.4 Å². The number of amides is 1. The first-order valence-corrected chi connectivity index (χ1v) is 8.12. The summed E-state index contributed by atoms with van der Waals surface area (Å²) in [6, 6.07) is 15.5. The molecule has 0 heterocycles. The highest BCUT2D eigenvalue weighted by Gasteiger charge is 2.03. The Labute approximate surface area is 143 Å².